The topological polar surface area (TPSA) is 87.7 Å². The van der Waals surface area contributed by atoms with Gasteiger partial charge >= 0.3 is 6.09 Å². The fourth-order valence-corrected chi connectivity index (χ4v) is 4.52. The molecule has 2 rings (SSSR count). The first-order valence-corrected chi connectivity index (χ1v) is 13.0. The van der Waals surface area contributed by atoms with Gasteiger partial charge in [-0.05, 0) is 78.9 Å². The molecule has 0 bridgehead atoms. The van der Waals surface area contributed by atoms with Gasteiger partial charge in [0.15, 0.2) is 0 Å². The molecule has 1 fully saturated rings. The number of hydrogen-bond donors (Lipinski definition) is 2. The molecule has 0 radical (unpaired) electrons. The van der Waals surface area contributed by atoms with E-state index >= 15 is 0 Å². The van der Waals surface area contributed by atoms with Gasteiger partial charge in [-0.25, -0.2) is 4.79 Å². The molecule has 1 saturated carbocycles. The summed E-state index contributed by atoms with van der Waals surface area (Å²) in [5.74, 6) is -0.500. The highest BCUT2D eigenvalue weighted by molar-refractivity contribution is 5.92. The standard InChI is InChI=1S/C28H45N3O4/c1-9-28(7,8)31(25(33)20(3)29-26(34)35-27(4,5)6)23(22-18-14-13-15-19(22)2)24(32)30-21-16-11-10-12-17-21/h13-15,18,20-21,23H,9-12,16-17H2,1-8H3,(H,29,34)(H,30,32). The number of benzene rings is 1. The molecule has 2 unspecified atom stereocenters. The molecular weight excluding hydrogens is 442 g/mol. The van der Waals surface area contributed by atoms with Gasteiger partial charge in [0.2, 0.25) is 11.8 Å². The maximum atomic E-state index is 13.9. The molecule has 0 spiro atoms. The van der Waals surface area contributed by atoms with Crippen LogP contribution in [0.3, 0.4) is 0 Å². The van der Waals surface area contributed by atoms with Crippen molar-refractivity contribution in [2.75, 3.05) is 0 Å². The quantitative estimate of drug-likeness (QED) is 0.513. The Bertz CT molecular complexity index is 884. The Labute approximate surface area is 211 Å². The largest absolute Gasteiger partial charge is 0.444 e. The summed E-state index contributed by atoms with van der Waals surface area (Å²) in [6.45, 7) is 14.8. The molecule has 196 valence electrons. The number of rotatable bonds is 8. The van der Waals surface area contributed by atoms with Gasteiger partial charge in [0.1, 0.15) is 17.7 Å². The molecule has 2 atom stereocenters. The van der Waals surface area contributed by atoms with Crippen LogP contribution in [0.2, 0.25) is 0 Å². The van der Waals surface area contributed by atoms with Crippen molar-refractivity contribution in [2.45, 2.75) is 123 Å². The monoisotopic (exact) mass is 487 g/mol. The lowest BCUT2D eigenvalue weighted by molar-refractivity contribution is -0.149. The zero-order chi connectivity index (χ0) is 26.4. The van der Waals surface area contributed by atoms with Crippen LogP contribution >= 0.6 is 0 Å². The van der Waals surface area contributed by atoms with E-state index in [0.717, 1.165) is 36.8 Å². The van der Waals surface area contributed by atoms with Crippen molar-refractivity contribution in [3.05, 3.63) is 35.4 Å². The molecular formula is C28H45N3O4. The maximum absolute atomic E-state index is 13.9. The second-order valence-electron chi connectivity index (χ2n) is 11.3. The number of aryl methyl sites for hydroxylation is 1. The molecule has 0 aromatic heterocycles. The zero-order valence-electron chi connectivity index (χ0n) is 22.9. The minimum absolute atomic E-state index is 0.113. The van der Waals surface area contributed by atoms with Gasteiger partial charge in [-0.1, -0.05) is 50.5 Å². The van der Waals surface area contributed by atoms with Gasteiger partial charge in [-0.2, -0.15) is 0 Å². The first kappa shape index (κ1) is 28.7. The molecule has 35 heavy (non-hydrogen) atoms. The number of hydrogen-bond acceptors (Lipinski definition) is 4. The van der Waals surface area contributed by atoms with Crippen molar-refractivity contribution < 1.29 is 19.1 Å². The van der Waals surface area contributed by atoms with Gasteiger partial charge in [0, 0.05) is 11.6 Å². The molecule has 7 nitrogen and oxygen atoms in total. The van der Waals surface area contributed by atoms with Crippen LogP contribution in [0.4, 0.5) is 4.79 Å². The van der Waals surface area contributed by atoms with E-state index in [4.69, 9.17) is 4.74 Å². The van der Waals surface area contributed by atoms with Crippen molar-refractivity contribution in [3.63, 3.8) is 0 Å². The Kier molecular flexibility index (Phi) is 9.76. The average Bonchev–Trinajstić information content (AvgIpc) is 2.76. The number of alkyl carbamates (subject to hydrolysis) is 1. The van der Waals surface area contributed by atoms with E-state index in [0.29, 0.717) is 6.42 Å². The van der Waals surface area contributed by atoms with Crippen LogP contribution < -0.4 is 10.6 Å². The second kappa shape index (κ2) is 11.9. The Hall–Kier alpha value is -2.57. The summed E-state index contributed by atoms with van der Waals surface area (Å²) in [6.07, 6.45) is 5.26. The van der Waals surface area contributed by atoms with Crippen molar-refractivity contribution in [1.29, 1.82) is 0 Å². The molecule has 1 aliphatic carbocycles. The lowest BCUT2D eigenvalue weighted by Crippen LogP contribution is -2.59. The van der Waals surface area contributed by atoms with E-state index in [2.05, 4.69) is 10.6 Å². The molecule has 0 aliphatic heterocycles. The van der Waals surface area contributed by atoms with Gasteiger partial charge in [-0.15, -0.1) is 0 Å². The fraction of sp³-hybridized carbons (Fsp3) is 0.679. The van der Waals surface area contributed by atoms with Crippen LogP contribution in [0.5, 0.6) is 0 Å². The minimum Gasteiger partial charge on any atom is -0.444 e. The first-order valence-electron chi connectivity index (χ1n) is 13.0. The van der Waals surface area contributed by atoms with Crippen LogP contribution in [0, 0.1) is 6.92 Å². The Morgan fingerprint density at radius 3 is 2.20 bits per heavy atom. The van der Waals surface area contributed by atoms with E-state index in [1.807, 2.05) is 52.0 Å². The summed E-state index contributed by atoms with van der Waals surface area (Å²) < 4.78 is 5.36. The Morgan fingerprint density at radius 2 is 1.66 bits per heavy atom. The van der Waals surface area contributed by atoms with Crippen LogP contribution in [0.25, 0.3) is 0 Å². The van der Waals surface area contributed by atoms with Crippen LogP contribution in [-0.2, 0) is 14.3 Å². The number of nitrogens with zero attached hydrogens (tertiary/aromatic N) is 1. The van der Waals surface area contributed by atoms with Gasteiger partial charge in [0.05, 0.1) is 0 Å². The summed E-state index contributed by atoms with van der Waals surface area (Å²) in [4.78, 5) is 41.9. The smallest absolute Gasteiger partial charge is 0.408 e. The van der Waals surface area contributed by atoms with Crippen LogP contribution in [-0.4, -0.2) is 46.0 Å². The third-order valence-electron chi connectivity index (χ3n) is 6.80. The highest BCUT2D eigenvalue weighted by atomic mass is 16.6. The minimum atomic E-state index is -0.871. The molecule has 1 aromatic rings. The second-order valence-corrected chi connectivity index (χ2v) is 11.3. The highest BCUT2D eigenvalue weighted by Crippen LogP contribution is 2.34. The molecule has 1 aromatic carbocycles. The molecule has 1 aliphatic rings. The molecule has 2 N–H and O–H groups in total. The Morgan fingerprint density at radius 1 is 1.06 bits per heavy atom. The lowest BCUT2D eigenvalue weighted by Gasteiger charge is -2.45. The van der Waals surface area contributed by atoms with E-state index in [1.165, 1.54) is 6.42 Å². The van der Waals surface area contributed by atoms with E-state index in [9.17, 15) is 14.4 Å². The lowest BCUT2D eigenvalue weighted by atomic mass is 9.89. The third-order valence-corrected chi connectivity index (χ3v) is 6.80. The third kappa shape index (κ3) is 7.97. The maximum Gasteiger partial charge on any atom is 0.408 e. The SMILES string of the molecule is CCC(C)(C)N(C(=O)C(C)NC(=O)OC(C)(C)C)C(C(=O)NC1CCCCC1)c1ccccc1C. The molecule has 7 heteroatoms. The van der Waals surface area contributed by atoms with Gasteiger partial charge in [-0.3, -0.25) is 9.59 Å². The number of carbonyl (C=O) groups is 3. The van der Waals surface area contributed by atoms with Crippen LogP contribution in [0.1, 0.15) is 104 Å². The Balaban J connectivity index is 2.46. The predicted molar refractivity (Wildman–Crippen MR) is 139 cm³/mol. The van der Waals surface area contributed by atoms with E-state index in [-0.39, 0.29) is 17.9 Å². The molecule has 3 amide bonds. The van der Waals surface area contributed by atoms with Gasteiger partial charge in [0.25, 0.3) is 0 Å². The fourth-order valence-electron chi connectivity index (χ4n) is 4.52. The number of carbonyl (C=O) groups excluding carboxylic acids is 3. The zero-order valence-corrected chi connectivity index (χ0v) is 22.9. The summed E-state index contributed by atoms with van der Waals surface area (Å²) in [5, 5.41) is 5.91. The van der Waals surface area contributed by atoms with E-state index in [1.54, 1.807) is 32.6 Å². The van der Waals surface area contributed by atoms with E-state index < -0.39 is 29.3 Å². The summed E-state index contributed by atoms with van der Waals surface area (Å²) in [5.41, 5.74) is 0.408. The molecule has 0 heterocycles. The molecule has 0 saturated heterocycles. The number of ether oxygens (including phenoxy) is 1. The summed E-state index contributed by atoms with van der Waals surface area (Å²) in [7, 11) is 0. The average molecular weight is 488 g/mol. The predicted octanol–water partition coefficient (Wildman–Crippen LogP) is 5.42. The summed E-state index contributed by atoms with van der Waals surface area (Å²) >= 11 is 0. The van der Waals surface area contributed by atoms with Crippen molar-refractivity contribution >= 4 is 17.9 Å². The van der Waals surface area contributed by atoms with Crippen molar-refractivity contribution in [2.24, 2.45) is 0 Å². The highest BCUT2D eigenvalue weighted by Gasteiger charge is 2.43. The normalized spacial score (nSPS) is 16.7. The summed E-state index contributed by atoms with van der Waals surface area (Å²) in [6, 6.07) is 6.12. The van der Waals surface area contributed by atoms with Crippen molar-refractivity contribution in [3.8, 4) is 0 Å². The van der Waals surface area contributed by atoms with Crippen LogP contribution in [0.15, 0.2) is 24.3 Å². The number of amides is 3. The number of nitrogens with one attached hydrogen (secondary N) is 2. The first-order chi connectivity index (χ1) is 16.3. The van der Waals surface area contributed by atoms with Crippen molar-refractivity contribution in [1.82, 2.24) is 15.5 Å². The van der Waals surface area contributed by atoms with Gasteiger partial charge < -0.3 is 20.3 Å².